The van der Waals surface area contributed by atoms with E-state index in [1.165, 1.54) is 6.39 Å². The van der Waals surface area contributed by atoms with Crippen LogP contribution in [0.1, 0.15) is 38.6 Å². The summed E-state index contributed by atoms with van der Waals surface area (Å²) in [7, 11) is 0. The van der Waals surface area contributed by atoms with Crippen molar-refractivity contribution in [2.24, 2.45) is 0 Å². The van der Waals surface area contributed by atoms with Crippen LogP contribution in [0.25, 0.3) is 0 Å². The number of hydrogen-bond donors (Lipinski definition) is 0. The molecular formula is C9H14ClNO. The van der Waals surface area contributed by atoms with Gasteiger partial charge < -0.3 is 4.42 Å². The summed E-state index contributed by atoms with van der Waals surface area (Å²) in [5.41, 5.74) is 0.907. The van der Waals surface area contributed by atoms with E-state index >= 15 is 0 Å². The molecule has 1 aromatic rings. The zero-order valence-corrected chi connectivity index (χ0v) is 8.48. The van der Waals surface area contributed by atoms with Gasteiger partial charge in [0.05, 0.1) is 11.6 Å². The van der Waals surface area contributed by atoms with Crippen molar-refractivity contribution in [2.75, 3.05) is 0 Å². The Balaban J connectivity index is 3.00. The van der Waals surface area contributed by atoms with Gasteiger partial charge in [0.25, 0.3) is 0 Å². The summed E-state index contributed by atoms with van der Waals surface area (Å²) in [6.07, 6.45) is 2.48. The van der Waals surface area contributed by atoms with Crippen LogP contribution in [0.4, 0.5) is 0 Å². The molecule has 0 N–H and O–H groups in total. The molecule has 0 radical (unpaired) electrons. The predicted octanol–water partition coefficient (Wildman–Crippen LogP) is 3.10. The Morgan fingerprint density at radius 2 is 2.25 bits per heavy atom. The number of oxazole rings is 1. The maximum absolute atomic E-state index is 5.71. The molecule has 1 aromatic heterocycles. The van der Waals surface area contributed by atoms with Crippen molar-refractivity contribution in [3.05, 3.63) is 17.8 Å². The molecule has 0 aliphatic carbocycles. The lowest BCUT2D eigenvalue weighted by Crippen LogP contribution is -2.16. The van der Waals surface area contributed by atoms with Crippen LogP contribution in [0.5, 0.6) is 0 Å². The molecule has 0 amide bonds. The summed E-state index contributed by atoms with van der Waals surface area (Å²) in [4.78, 5) is 4.05. The monoisotopic (exact) mass is 187 g/mol. The highest BCUT2D eigenvalue weighted by molar-refractivity contribution is 6.16. The van der Waals surface area contributed by atoms with Gasteiger partial charge in [0.1, 0.15) is 5.76 Å². The lowest BCUT2D eigenvalue weighted by atomic mass is 9.86. The Labute approximate surface area is 77.9 Å². The Morgan fingerprint density at radius 1 is 1.58 bits per heavy atom. The zero-order valence-electron chi connectivity index (χ0n) is 7.72. The van der Waals surface area contributed by atoms with Crippen molar-refractivity contribution in [1.29, 1.82) is 0 Å². The molecule has 0 atom stereocenters. The second kappa shape index (κ2) is 3.48. The van der Waals surface area contributed by atoms with E-state index in [2.05, 4.69) is 25.8 Å². The molecule has 0 spiro atoms. The molecule has 0 fully saturated rings. The van der Waals surface area contributed by atoms with Crippen molar-refractivity contribution < 1.29 is 4.42 Å². The SMILES string of the molecule is CCC(C)(C)c1ocnc1CCl. The molecule has 1 heterocycles. The molecule has 3 heteroatoms. The van der Waals surface area contributed by atoms with E-state index in [1.807, 2.05) is 0 Å². The highest BCUT2D eigenvalue weighted by Crippen LogP contribution is 2.29. The maximum Gasteiger partial charge on any atom is 0.181 e. The molecule has 2 nitrogen and oxygen atoms in total. The van der Waals surface area contributed by atoms with Crippen LogP contribution >= 0.6 is 11.6 Å². The van der Waals surface area contributed by atoms with E-state index in [0.717, 1.165) is 17.9 Å². The van der Waals surface area contributed by atoms with Crippen molar-refractivity contribution in [2.45, 2.75) is 38.5 Å². The van der Waals surface area contributed by atoms with Crippen LogP contribution < -0.4 is 0 Å². The van der Waals surface area contributed by atoms with Gasteiger partial charge >= 0.3 is 0 Å². The maximum atomic E-state index is 5.71. The first-order chi connectivity index (χ1) is 5.61. The van der Waals surface area contributed by atoms with Gasteiger partial charge in [0.2, 0.25) is 0 Å². The van der Waals surface area contributed by atoms with E-state index in [4.69, 9.17) is 16.0 Å². The summed E-state index contributed by atoms with van der Waals surface area (Å²) in [5.74, 6) is 1.34. The van der Waals surface area contributed by atoms with Gasteiger partial charge in [-0.3, -0.25) is 0 Å². The Kier molecular flexibility index (Phi) is 2.78. The van der Waals surface area contributed by atoms with Crippen LogP contribution in [0.15, 0.2) is 10.8 Å². The minimum Gasteiger partial charge on any atom is -0.448 e. The van der Waals surface area contributed by atoms with Gasteiger partial charge in [-0.1, -0.05) is 20.8 Å². The second-order valence-corrected chi connectivity index (χ2v) is 3.77. The van der Waals surface area contributed by atoms with Gasteiger partial charge in [0.15, 0.2) is 6.39 Å². The third kappa shape index (κ3) is 1.63. The molecule has 0 aromatic carbocycles. The largest absolute Gasteiger partial charge is 0.448 e. The van der Waals surface area contributed by atoms with Crippen LogP contribution in [-0.2, 0) is 11.3 Å². The summed E-state index contributed by atoms with van der Waals surface area (Å²) in [5, 5.41) is 0. The molecule has 68 valence electrons. The van der Waals surface area contributed by atoms with Crippen molar-refractivity contribution in [3.63, 3.8) is 0 Å². The zero-order chi connectivity index (χ0) is 9.19. The molecule has 0 saturated carbocycles. The van der Waals surface area contributed by atoms with E-state index in [0.29, 0.717) is 5.88 Å². The third-order valence-electron chi connectivity index (χ3n) is 2.27. The van der Waals surface area contributed by atoms with Gasteiger partial charge in [-0.15, -0.1) is 11.6 Å². The van der Waals surface area contributed by atoms with Crippen molar-refractivity contribution in [3.8, 4) is 0 Å². The van der Waals surface area contributed by atoms with Gasteiger partial charge in [-0.05, 0) is 6.42 Å². The molecule has 0 aliphatic rings. The minimum absolute atomic E-state index is 0.0424. The van der Waals surface area contributed by atoms with E-state index in [1.54, 1.807) is 0 Å². The molecule has 0 bridgehead atoms. The number of alkyl halides is 1. The smallest absolute Gasteiger partial charge is 0.181 e. The Morgan fingerprint density at radius 3 is 2.75 bits per heavy atom. The second-order valence-electron chi connectivity index (χ2n) is 3.50. The molecule has 0 aliphatic heterocycles. The first-order valence-corrected chi connectivity index (χ1v) is 4.64. The highest BCUT2D eigenvalue weighted by atomic mass is 35.5. The topological polar surface area (TPSA) is 26.0 Å². The standard InChI is InChI=1S/C9H14ClNO/c1-4-9(2,3)8-7(5-10)11-6-12-8/h6H,4-5H2,1-3H3. The van der Waals surface area contributed by atoms with Gasteiger partial charge in [0, 0.05) is 5.41 Å². The summed E-state index contributed by atoms with van der Waals surface area (Å²) in [6.45, 7) is 6.38. The Bertz CT molecular complexity index is 255. The molecule has 0 saturated heterocycles. The molecular weight excluding hydrogens is 174 g/mol. The predicted molar refractivity (Wildman–Crippen MR) is 49.4 cm³/mol. The minimum atomic E-state index is 0.0424. The summed E-state index contributed by atoms with van der Waals surface area (Å²) >= 11 is 5.71. The first-order valence-electron chi connectivity index (χ1n) is 4.10. The fourth-order valence-corrected chi connectivity index (χ4v) is 1.27. The van der Waals surface area contributed by atoms with Crippen LogP contribution in [0.3, 0.4) is 0 Å². The fourth-order valence-electron chi connectivity index (χ4n) is 1.08. The Hall–Kier alpha value is -0.500. The third-order valence-corrected chi connectivity index (χ3v) is 2.52. The van der Waals surface area contributed by atoms with E-state index in [-0.39, 0.29) is 5.41 Å². The normalized spacial score (nSPS) is 12.0. The lowest BCUT2D eigenvalue weighted by Gasteiger charge is -2.19. The lowest BCUT2D eigenvalue weighted by molar-refractivity contribution is 0.371. The highest BCUT2D eigenvalue weighted by Gasteiger charge is 2.25. The molecule has 1 rings (SSSR count). The number of aromatic nitrogens is 1. The summed E-state index contributed by atoms with van der Waals surface area (Å²) in [6, 6.07) is 0. The van der Waals surface area contributed by atoms with Crippen LogP contribution in [0, 0.1) is 0 Å². The number of rotatable bonds is 3. The average molecular weight is 188 g/mol. The van der Waals surface area contributed by atoms with Crippen molar-refractivity contribution >= 4 is 11.6 Å². The fraction of sp³-hybridized carbons (Fsp3) is 0.667. The number of hydrogen-bond acceptors (Lipinski definition) is 2. The molecule has 12 heavy (non-hydrogen) atoms. The quantitative estimate of drug-likeness (QED) is 0.680. The van der Waals surface area contributed by atoms with Gasteiger partial charge in [-0.2, -0.15) is 0 Å². The van der Waals surface area contributed by atoms with E-state index in [9.17, 15) is 0 Å². The average Bonchev–Trinajstić information content (AvgIpc) is 2.52. The number of halogens is 1. The van der Waals surface area contributed by atoms with Crippen LogP contribution in [-0.4, -0.2) is 4.98 Å². The number of nitrogens with zero attached hydrogens (tertiary/aromatic N) is 1. The van der Waals surface area contributed by atoms with Crippen molar-refractivity contribution in [1.82, 2.24) is 4.98 Å². The first kappa shape index (κ1) is 9.59. The van der Waals surface area contributed by atoms with Crippen LogP contribution in [0.2, 0.25) is 0 Å². The summed E-state index contributed by atoms with van der Waals surface area (Å²) < 4.78 is 5.32. The van der Waals surface area contributed by atoms with E-state index < -0.39 is 0 Å². The van der Waals surface area contributed by atoms with Gasteiger partial charge in [-0.25, -0.2) is 4.98 Å². The molecule has 0 unspecified atom stereocenters.